The topological polar surface area (TPSA) is 55.4 Å². The van der Waals surface area contributed by atoms with Gasteiger partial charge in [0.1, 0.15) is 0 Å². The molecule has 4 heteroatoms. The molecule has 1 N–H and O–H groups in total. The van der Waals surface area contributed by atoms with Crippen LogP contribution < -0.4 is 5.32 Å². The molecule has 1 atom stereocenters. The van der Waals surface area contributed by atoms with Crippen LogP contribution in [0.15, 0.2) is 0 Å². The number of hydrogen-bond acceptors (Lipinski definition) is 3. The van der Waals surface area contributed by atoms with Crippen molar-refractivity contribution in [1.29, 1.82) is 0 Å². The first-order valence-corrected chi connectivity index (χ1v) is 8.11. The summed E-state index contributed by atoms with van der Waals surface area (Å²) in [5.74, 6) is -0.365. The van der Waals surface area contributed by atoms with Gasteiger partial charge in [-0.3, -0.25) is 4.79 Å². The van der Waals surface area contributed by atoms with Crippen LogP contribution in [0.5, 0.6) is 0 Å². The van der Waals surface area contributed by atoms with Gasteiger partial charge in [-0.2, -0.15) is 0 Å². The number of carbonyl (C=O) groups excluding carboxylic acids is 2. The third kappa shape index (κ3) is 4.34. The minimum Gasteiger partial charge on any atom is -0.452 e. The SMILES string of the molecule is Cc1c(C)c(C)c(C(=O)OCC(=O)N[C@@H](C)C(C)C)c(C)c1C. The van der Waals surface area contributed by atoms with E-state index < -0.39 is 5.97 Å². The predicted molar refractivity (Wildman–Crippen MR) is 92.9 cm³/mol. The van der Waals surface area contributed by atoms with Gasteiger partial charge in [-0.15, -0.1) is 0 Å². The Morgan fingerprint density at radius 1 is 0.870 bits per heavy atom. The van der Waals surface area contributed by atoms with Crippen molar-refractivity contribution in [2.75, 3.05) is 6.61 Å². The van der Waals surface area contributed by atoms with Crippen LogP contribution in [0.2, 0.25) is 0 Å². The molecule has 0 saturated heterocycles. The lowest BCUT2D eigenvalue weighted by Gasteiger charge is -2.19. The van der Waals surface area contributed by atoms with E-state index >= 15 is 0 Å². The van der Waals surface area contributed by atoms with Gasteiger partial charge in [0.2, 0.25) is 0 Å². The van der Waals surface area contributed by atoms with Crippen molar-refractivity contribution in [3.63, 3.8) is 0 Å². The normalized spacial score (nSPS) is 12.2. The zero-order chi connectivity index (χ0) is 17.9. The molecule has 23 heavy (non-hydrogen) atoms. The molecule has 0 heterocycles. The van der Waals surface area contributed by atoms with Gasteiger partial charge in [0, 0.05) is 6.04 Å². The predicted octanol–water partition coefficient (Wildman–Crippen LogP) is 3.55. The van der Waals surface area contributed by atoms with E-state index in [1.807, 2.05) is 48.5 Å². The Labute approximate surface area is 139 Å². The molecule has 0 bridgehead atoms. The second kappa shape index (κ2) is 7.62. The van der Waals surface area contributed by atoms with E-state index in [1.54, 1.807) is 0 Å². The van der Waals surface area contributed by atoms with Crippen LogP contribution in [-0.2, 0) is 9.53 Å². The molecular formula is C19H29NO3. The molecule has 0 aliphatic heterocycles. The van der Waals surface area contributed by atoms with Gasteiger partial charge >= 0.3 is 5.97 Å². The lowest BCUT2D eigenvalue weighted by atomic mass is 9.90. The highest BCUT2D eigenvalue weighted by Crippen LogP contribution is 2.26. The van der Waals surface area contributed by atoms with E-state index in [9.17, 15) is 9.59 Å². The summed E-state index contributed by atoms with van der Waals surface area (Å²) in [5, 5.41) is 2.83. The van der Waals surface area contributed by atoms with Crippen molar-refractivity contribution in [3.8, 4) is 0 Å². The summed E-state index contributed by atoms with van der Waals surface area (Å²) in [6.07, 6.45) is 0. The molecule has 0 spiro atoms. The smallest absolute Gasteiger partial charge is 0.339 e. The molecule has 1 amide bonds. The summed E-state index contributed by atoms with van der Waals surface area (Å²) >= 11 is 0. The van der Waals surface area contributed by atoms with Gasteiger partial charge in [-0.05, 0) is 75.3 Å². The minimum atomic E-state index is -0.432. The fraction of sp³-hybridized carbons (Fsp3) is 0.579. The summed E-state index contributed by atoms with van der Waals surface area (Å²) < 4.78 is 5.23. The summed E-state index contributed by atoms with van der Waals surface area (Å²) in [6.45, 7) is 15.7. The van der Waals surface area contributed by atoms with Crippen LogP contribution in [0.3, 0.4) is 0 Å². The monoisotopic (exact) mass is 319 g/mol. The maximum Gasteiger partial charge on any atom is 0.339 e. The van der Waals surface area contributed by atoms with Gasteiger partial charge in [0.15, 0.2) is 6.61 Å². The van der Waals surface area contributed by atoms with Crippen LogP contribution in [0.1, 0.15) is 58.9 Å². The molecule has 0 aliphatic carbocycles. The summed E-state index contributed by atoms with van der Waals surface area (Å²) in [6, 6.07) is 0.0496. The van der Waals surface area contributed by atoms with Gasteiger partial charge in [-0.1, -0.05) is 13.8 Å². The first-order valence-electron chi connectivity index (χ1n) is 8.11. The third-order valence-electron chi connectivity index (χ3n) is 4.93. The lowest BCUT2D eigenvalue weighted by molar-refractivity contribution is -0.125. The number of nitrogens with one attached hydrogen (secondary N) is 1. The first-order chi connectivity index (χ1) is 10.6. The maximum absolute atomic E-state index is 12.4. The van der Waals surface area contributed by atoms with E-state index in [1.165, 1.54) is 5.56 Å². The second-order valence-corrected chi connectivity index (χ2v) is 6.68. The van der Waals surface area contributed by atoms with Crippen molar-refractivity contribution in [3.05, 3.63) is 33.4 Å². The highest BCUT2D eigenvalue weighted by atomic mass is 16.5. The molecule has 1 aromatic rings. The number of rotatable bonds is 5. The van der Waals surface area contributed by atoms with Gasteiger partial charge in [0.25, 0.3) is 5.91 Å². The first kappa shape index (κ1) is 19.2. The van der Waals surface area contributed by atoms with E-state index in [0.29, 0.717) is 11.5 Å². The van der Waals surface area contributed by atoms with Crippen molar-refractivity contribution in [2.24, 2.45) is 5.92 Å². The number of carbonyl (C=O) groups is 2. The van der Waals surface area contributed by atoms with Gasteiger partial charge in [-0.25, -0.2) is 4.79 Å². The van der Waals surface area contributed by atoms with Crippen LogP contribution >= 0.6 is 0 Å². The highest BCUT2D eigenvalue weighted by Gasteiger charge is 2.20. The van der Waals surface area contributed by atoms with Crippen LogP contribution in [0, 0.1) is 40.5 Å². The molecule has 4 nitrogen and oxygen atoms in total. The van der Waals surface area contributed by atoms with Crippen molar-refractivity contribution < 1.29 is 14.3 Å². The zero-order valence-electron chi connectivity index (χ0n) is 15.6. The summed E-state index contributed by atoms with van der Waals surface area (Å²) in [4.78, 5) is 24.3. The Morgan fingerprint density at radius 2 is 1.30 bits per heavy atom. The Balaban J connectivity index is 2.86. The summed E-state index contributed by atoms with van der Waals surface area (Å²) in [7, 11) is 0. The quantitative estimate of drug-likeness (QED) is 0.845. The van der Waals surface area contributed by atoms with E-state index in [2.05, 4.69) is 12.2 Å². The van der Waals surface area contributed by atoms with Crippen LogP contribution in [-0.4, -0.2) is 24.5 Å². The van der Waals surface area contributed by atoms with Crippen molar-refractivity contribution in [2.45, 2.75) is 61.4 Å². The van der Waals surface area contributed by atoms with E-state index in [0.717, 1.165) is 22.3 Å². The largest absolute Gasteiger partial charge is 0.452 e. The second-order valence-electron chi connectivity index (χ2n) is 6.68. The molecule has 0 aromatic heterocycles. The molecule has 1 aromatic carbocycles. The van der Waals surface area contributed by atoms with E-state index in [-0.39, 0.29) is 18.6 Å². The molecule has 1 rings (SSSR count). The fourth-order valence-corrected chi connectivity index (χ4v) is 2.47. The van der Waals surface area contributed by atoms with Gasteiger partial charge < -0.3 is 10.1 Å². The van der Waals surface area contributed by atoms with Crippen LogP contribution in [0.4, 0.5) is 0 Å². The Bertz CT molecular complexity index is 589. The molecule has 0 saturated carbocycles. The summed E-state index contributed by atoms with van der Waals surface area (Å²) in [5.41, 5.74) is 5.81. The zero-order valence-corrected chi connectivity index (χ0v) is 15.6. The van der Waals surface area contributed by atoms with Crippen molar-refractivity contribution >= 4 is 11.9 Å². The van der Waals surface area contributed by atoms with E-state index in [4.69, 9.17) is 4.74 Å². The molecule has 0 fully saturated rings. The number of amides is 1. The molecule has 0 unspecified atom stereocenters. The average molecular weight is 319 g/mol. The van der Waals surface area contributed by atoms with Crippen molar-refractivity contribution in [1.82, 2.24) is 5.32 Å². The third-order valence-corrected chi connectivity index (χ3v) is 4.93. The number of benzene rings is 1. The molecule has 0 radical (unpaired) electrons. The number of hydrogen-bond donors (Lipinski definition) is 1. The Morgan fingerprint density at radius 3 is 1.74 bits per heavy atom. The molecule has 128 valence electrons. The number of esters is 1. The van der Waals surface area contributed by atoms with Gasteiger partial charge in [0.05, 0.1) is 5.56 Å². The minimum absolute atomic E-state index is 0.0496. The average Bonchev–Trinajstić information content (AvgIpc) is 2.49. The maximum atomic E-state index is 12.4. The fourth-order valence-electron chi connectivity index (χ4n) is 2.47. The highest BCUT2D eigenvalue weighted by molar-refractivity contribution is 5.95. The number of ether oxygens (including phenoxy) is 1. The molecule has 0 aliphatic rings. The Hall–Kier alpha value is -1.84. The van der Waals surface area contributed by atoms with Crippen LogP contribution in [0.25, 0.3) is 0 Å². The molecular weight excluding hydrogens is 290 g/mol. The standard InChI is InChI=1S/C19H29NO3/c1-10(2)16(8)20-17(21)9-23-19(22)18-14(6)12(4)11(3)13(5)15(18)7/h10,16H,9H2,1-8H3,(H,20,21)/t16-/m0/s1. The lowest BCUT2D eigenvalue weighted by Crippen LogP contribution is -2.38. The Kier molecular flexibility index (Phi) is 6.37.